The molecule has 2 aromatic heterocycles. The minimum absolute atomic E-state index is 0.306. The summed E-state index contributed by atoms with van der Waals surface area (Å²) in [6.07, 6.45) is 3.05. The molecule has 0 radical (unpaired) electrons. The van der Waals surface area contributed by atoms with Crippen molar-refractivity contribution in [2.45, 2.75) is 19.3 Å². The Balaban J connectivity index is 1.55. The van der Waals surface area contributed by atoms with Gasteiger partial charge in [0.05, 0.1) is 12.8 Å². The van der Waals surface area contributed by atoms with E-state index in [1.165, 1.54) is 17.2 Å². The number of furan rings is 1. The summed E-state index contributed by atoms with van der Waals surface area (Å²) in [6, 6.07) is 19.9. The minimum atomic E-state index is -0.467. The number of para-hydroxylation sites is 1. The number of nitrogens with one attached hydrogen (secondary N) is 1. The summed E-state index contributed by atoms with van der Waals surface area (Å²) >= 11 is 0. The summed E-state index contributed by atoms with van der Waals surface area (Å²) in [5, 5.41) is 4.55. The molecule has 0 unspecified atom stereocenters. The van der Waals surface area contributed by atoms with E-state index in [-0.39, 0.29) is 5.91 Å². The smallest absolute Gasteiger partial charge is 0.336 e. The lowest BCUT2D eigenvalue weighted by Gasteiger charge is -2.10. The molecule has 0 atom stereocenters. The molecule has 2 heterocycles. The van der Waals surface area contributed by atoms with E-state index in [1.54, 1.807) is 31.4 Å². The van der Waals surface area contributed by atoms with E-state index in [0.717, 1.165) is 30.0 Å². The van der Waals surface area contributed by atoms with Gasteiger partial charge in [0.25, 0.3) is 5.91 Å². The third kappa shape index (κ3) is 3.35. The van der Waals surface area contributed by atoms with Crippen molar-refractivity contribution in [2.24, 2.45) is 0 Å². The topological polar surface area (TPSA) is 81.7 Å². The van der Waals surface area contributed by atoms with E-state index in [0.29, 0.717) is 39.5 Å². The monoisotopic (exact) mass is 451 g/mol. The largest absolute Gasteiger partial charge is 0.497 e. The highest BCUT2D eigenvalue weighted by atomic mass is 16.5. The van der Waals surface area contributed by atoms with Gasteiger partial charge < -0.3 is 18.9 Å². The average Bonchev–Trinajstić information content (AvgIpc) is 3.46. The third-order valence-corrected chi connectivity index (χ3v) is 6.37. The van der Waals surface area contributed by atoms with Gasteiger partial charge in [-0.1, -0.05) is 18.2 Å². The number of ether oxygens (including phenoxy) is 1. The second kappa shape index (κ2) is 7.92. The summed E-state index contributed by atoms with van der Waals surface area (Å²) in [5.41, 5.74) is 4.69. The van der Waals surface area contributed by atoms with Crippen LogP contribution in [0.1, 0.15) is 27.9 Å². The van der Waals surface area contributed by atoms with E-state index >= 15 is 0 Å². The zero-order valence-corrected chi connectivity index (χ0v) is 18.5. The van der Waals surface area contributed by atoms with Crippen molar-refractivity contribution in [3.8, 4) is 17.1 Å². The highest BCUT2D eigenvalue weighted by Crippen LogP contribution is 2.41. The Morgan fingerprint density at radius 1 is 0.882 bits per heavy atom. The molecule has 0 bridgehead atoms. The Bertz CT molecular complexity index is 1640. The van der Waals surface area contributed by atoms with E-state index in [4.69, 9.17) is 13.6 Å². The van der Waals surface area contributed by atoms with Crippen molar-refractivity contribution in [2.75, 3.05) is 12.4 Å². The van der Waals surface area contributed by atoms with Crippen LogP contribution >= 0.6 is 0 Å². The van der Waals surface area contributed by atoms with Crippen LogP contribution in [0, 0.1) is 0 Å². The number of hydrogen-bond donors (Lipinski definition) is 1. The molecule has 1 N–H and O–H groups in total. The zero-order valence-electron chi connectivity index (χ0n) is 18.5. The first-order chi connectivity index (χ1) is 16.6. The standard InChI is InChI=1S/C28H21NO5/c1-32-19-9-5-8-18(12-19)28(31)29-26-20-10-2-3-11-23(20)34-27(26)22-15-25(30)33-24-14-17-7-4-6-16(17)13-21(22)24/h2-3,5,8-15H,4,6-7H2,1H3,(H,29,31). The van der Waals surface area contributed by atoms with Crippen LogP contribution < -0.4 is 15.7 Å². The van der Waals surface area contributed by atoms with Crippen LogP contribution in [-0.4, -0.2) is 13.0 Å². The lowest BCUT2D eigenvalue weighted by atomic mass is 10.0. The molecular formula is C28H21NO5. The third-order valence-electron chi connectivity index (χ3n) is 6.37. The molecule has 1 aliphatic carbocycles. The van der Waals surface area contributed by atoms with Crippen LogP contribution in [-0.2, 0) is 12.8 Å². The Kier molecular flexibility index (Phi) is 4.73. The first kappa shape index (κ1) is 20.3. The molecule has 1 amide bonds. The maximum absolute atomic E-state index is 13.2. The predicted octanol–water partition coefficient (Wildman–Crippen LogP) is 5.96. The minimum Gasteiger partial charge on any atom is -0.497 e. The molecular weight excluding hydrogens is 430 g/mol. The molecule has 0 saturated carbocycles. The van der Waals surface area contributed by atoms with Gasteiger partial charge in [0.1, 0.15) is 16.9 Å². The lowest BCUT2D eigenvalue weighted by molar-refractivity contribution is 0.102. The average molecular weight is 451 g/mol. The van der Waals surface area contributed by atoms with Crippen molar-refractivity contribution in [3.05, 3.63) is 93.8 Å². The molecule has 168 valence electrons. The van der Waals surface area contributed by atoms with Crippen LogP contribution in [0.3, 0.4) is 0 Å². The van der Waals surface area contributed by atoms with E-state index in [2.05, 4.69) is 11.4 Å². The number of fused-ring (bicyclic) bond motifs is 3. The highest BCUT2D eigenvalue weighted by Gasteiger charge is 2.23. The van der Waals surface area contributed by atoms with Crippen LogP contribution in [0.5, 0.6) is 5.75 Å². The Morgan fingerprint density at radius 3 is 2.56 bits per heavy atom. The molecule has 6 nitrogen and oxygen atoms in total. The summed E-state index contributed by atoms with van der Waals surface area (Å²) in [5.74, 6) is 0.707. The number of carbonyl (C=O) groups is 1. The number of hydrogen-bond acceptors (Lipinski definition) is 5. The van der Waals surface area contributed by atoms with Gasteiger partial charge in [0.15, 0.2) is 5.76 Å². The number of amides is 1. The van der Waals surface area contributed by atoms with Crippen molar-refractivity contribution < 1.29 is 18.4 Å². The summed E-state index contributed by atoms with van der Waals surface area (Å²) < 4.78 is 17.0. The molecule has 5 aromatic rings. The molecule has 0 spiro atoms. The van der Waals surface area contributed by atoms with Gasteiger partial charge in [-0.15, -0.1) is 0 Å². The summed E-state index contributed by atoms with van der Waals surface area (Å²) in [7, 11) is 1.56. The van der Waals surface area contributed by atoms with Gasteiger partial charge in [-0.05, 0) is 72.9 Å². The van der Waals surface area contributed by atoms with E-state index in [9.17, 15) is 9.59 Å². The number of methoxy groups -OCH3 is 1. The maximum Gasteiger partial charge on any atom is 0.336 e. The number of benzene rings is 3. The number of aryl methyl sites for hydroxylation is 2. The van der Waals surface area contributed by atoms with Crippen LogP contribution in [0.2, 0.25) is 0 Å². The Labute approximate surface area is 194 Å². The van der Waals surface area contributed by atoms with E-state index in [1.807, 2.05) is 30.3 Å². The van der Waals surface area contributed by atoms with Gasteiger partial charge in [0, 0.05) is 28.0 Å². The van der Waals surface area contributed by atoms with Crippen LogP contribution in [0.15, 0.2) is 80.4 Å². The molecule has 1 aliphatic rings. The van der Waals surface area contributed by atoms with Crippen LogP contribution in [0.4, 0.5) is 5.69 Å². The molecule has 0 fully saturated rings. The van der Waals surface area contributed by atoms with Gasteiger partial charge >= 0.3 is 5.63 Å². The van der Waals surface area contributed by atoms with Gasteiger partial charge in [-0.25, -0.2) is 4.79 Å². The summed E-state index contributed by atoms with van der Waals surface area (Å²) in [6.45, 7) is 0. The Morgan fingerprint density at radius 2 is 1.71 bits per heavy atom. The fourth-order valence-corrected chi connectivity index (χ4v) is 4.73. The van der Waals surface area contributed by atoms with Crippen molar-refractivity contribution in [1.29, 1.82) is 0 Å². The second-order valence-electron chi connectivity index (χ2n) is 8.44. The molecule has 6 rings (SSSR count). The van der Waals surface area contributed by atoms with Gasteiger partial charge in [-0.2, -0.15) is 0 Å². The van der Waals surface area contributed by atoms with Crippen molar-refractivity contribution >= 4 is 33.5 Å². The fraction of sp³-hybridized carbons (Fsp3) is 0.143. The number of carbonyl (C=O) groups excluding carboxylic acids is 1. The molecule has 0 saturated heterocycles. The molecule has 3 aromatic carbocycles. The van der Waals surface area contributed by atoms with Crippen LogP contribution in [0.25, 0.3) is 33.3 Å². The predicted molar refractivity (Wildman–Crippen MR) is 131 cm³/mol. The maximum atomic E-state index is 13.2. The van der Waals surface area contributed by atoms with Gasteiger partial charge in [-0.3, -0.25) is 4.79 Å². The van der Waals surface area contributed by atoms with Crippen molar-refractivity contribution in [1.82, 2.24) is 0 Å². The molecule has 6 heteroatoms. The normalized spacial score (nSPS) is 12.7. The first-order valence-corrected chi connectivity index (χ1v) is 11.2. The highest BCUT2D eigenvalue weighted by molar-refractivity contribution is 6.13. The zero-order chi connectivity index (χ0) is 23.2. The lowest BCUT2D eigenvalue weighted by Crippen LogP contribution is -2.12. The SMILES string of the molecule is COc1cccc(C(=O)Nc2c(-c3cc(=O)oc4cc5c(cc34)CCC5)oc3ccccc23)c1. The quantitative estimate of drug-likeness (QED) is 0.341. The van der Waals surface area contributed by atoms with E-state index < -0.39 is 5.63 Å². The fourth-order valence-electron chi connectivity index (χ4n) is 4.73. The second-order valence-corrected chi connectivity index (χ2v) is 8.44. The first-order valence-electron chi connectivity index (χ1n) is 11.2. The molecule has 34 heavy (non-hydrogen) atoms. The van der Waals surface area contributed by atoms with Crippen molar-refractivity contribution in [3.63, 3.8) is 0 Å². The summed E-state index contributed by atoms with van der Waals surface area (Å²) in [4.78, 5) is 25.7. The number of rotatable bonds is 4. The number of anilines is 1. The van der Waals surface area contributed by atoms with Gasteiger partial charge in [0.2, 0.25) is 0 Å². The molecule has 0 aliphatic heterocycles. The Hall–Kier alpha value is -4.32.